The van der Waals surface area contributed by atoms with Gasteiger partial charge < -0.3 is 4.74 Å². The van der Waals surface area contributed by atoms with Crippen LogP contribution in [0.4, 0.5) is 0 Å². The summed E-state index contributed by atoms with van der Waals surface area (Å²) in [7, 11) is 2.11. The van der Waals surface area contributed by atoms with Crippen molar-refractivity contribution in [3.63, 3.8) is 0 Å². The molecule has 0 aromatic carbocycles. The molecule has 0 radical (unpaired) electrons. The maximum absolute atomic E-state index is 5.93. The van der Waals surface area contributed by atoms with E-state index in [0.717, 1.165) is 6.54 Å². The Morgan fingerprint density at radius 2 is 2.21 bits per heavy atom. The molecule has 2 atom stereocenters. The molecule has 0 aliphatic carbocycles. The van der Waals surface area contributed by atoms with E-state index in [1.165, 1.54) is 12.8 Å². The van der Waals surface area contributed by atoms with Gasteiger partial charge in [-0.25, -0.2) is 0 Å². The Kier molecular flexibility index (Phi) is 4.23. The minimum absolute atomic E-state index is 0.0791. The molecule has 2 nitrogen and oxygen atoms in total. The predicted molar refractivity (Wildman–Crippen MR) is 61.0 cm³/mol. The molecule has 1 aliphatic rings. The molecule has 0 spiro atoms. The molecule has 0 aromatic heterocycles. The Bertz CT molecular complexity index is 184. The zero-order valence-electron chi connectivity index (χ0n) is 9.72. The van der Waals surface area contributed by atoms with E-state index in [9.17, 15) is 0 Å². The number of nitrogens with zero attached hydrogens (tertiary/aromatic N) is 1. The van der Waals surface area contributed by atoms with E-state index in [2.05, 4.69) is 32.7 Å². The molecular formula is C11H22ClNO. The third-order valence-electron chi connectivity index (χ3n) is 3.02. The molecule has 1 aliphatic heterocycles. The number of alkyl halides is 1. The number of hydrogen-bond donors (Lipinski definition) is 0. The van der Waals surface area contributed by atoms with Crippen LogP contribution in [-0.4, -0.2) is 42.1 Å². The second-order valence-electron chi connectivity index (χ2n) is 4.98. The summed E-state index contributed by atoms with van der Waals surface area (Å²) >= 11 is 5.81. The highest BCUT2D eigenvalue weighted by molar-refractivity contribution is 6.18. The maximum Gasteiger partial charge on any atom is 0.0710 e. The zero-order chi connectivity index (χ0) is 10.8. The Balaban J connectivity index is 2.32. The number of rotatable bonds is 4. The Morgan fingerprint density at radius 1 is 1.57 bits per heavy atom. The largest absolute Gasteiger partial charge is 0.371 e. The second-order valence-corrected chi connectivity index (χ2v) is 5.29. The van der Waals surface area contributed by atoms with Gasteiger partial charge in [0.25, 0.3) is 0 Å². The van der Waals surface area contributed by atoms with Crippen LogP contribution in [0.3, 0.4) is 0 Å². The standard InChI is InChI=1S/C11H22ClNO/c1-9(7-12)13(4)8-10-5-6-11(2,3)14-10/h9-10H,5-8H2,1-4H3. The smallest absolute Gasteiger partial charge is 0.0710 e. The van der Waals surface area contributed by atoms with Crippen molar-refractivity contribution in [1.82, 2.24) is 4.90 Å². The third-order valence-corrected chi connectivity index (χ3v) is 3.47. The molecule has 1 rings (SSSR count). The van der Waals surface area contributed by atoms with Crippen LogP contribution < -0.4 is 0 Å². The van der Waals surface area contributed by atoms with Crippen molar-refractivity contribution in [2.45, 2.75) is 51.4 Å². The second kappa shape index (κ2) is 4.82. The average Bonchev–Trinajstić information content (AvgIpc) is 2.44. The van der Waals surface area contributed by atoms with Gasteiger partial charge in [-0.15, -0.1) is 11.6 Å². The van der Waals surface area contributed by atoms with Crippen LogP contribution in [0.5, 0.6) is 0 Å². The first-order valence-electron chi connectivity index (χ1n) is 5.38. The summed E-state index contributed by atoms with van der Waals surface area (Å²) < 4.78 is 5.93. The summed E-state index contributed by atoms with van der Waals surface area (Å²) in [6.07, 6.45) is 2.73. The Hall–Kier alpha value is 0.210. The van der Waals surface area contributed by atoms with Gasteiger partial charge in [0.15, 0.2) is 0 Å². The lowest BCUT2D eigenvalue weighted by atomic mass is 10.1. The summed E-state index contributed by atoms with van der Waals surface area (Å²) in [5, 5.41) is 0. The molecule has 1 heterocycles. The fraction of sp³-hybridized carbons (Fsp3) is 1.00. The normalized spacial score (nSPS) is 28.3. The van der Waals surface area contributed by atoms with Crippen LogP contribution >= 0.6 is 11.6 Å². The summed E-state index contributed by atoms with van der Waals surface area (Å²) in [5.74, 6) is 0.687. The molecule has 0 aromatic rings. The van der Waals surface area contributed by atoms with Crippen LogP contribution in [0.15, 0.2) is 0 Å². The Labute approximate surface area is 92.6 Å². The lowest BCUT2D eigenvalue weighted by Gasteiger charge is -2.27. The number of hydrogen-bond acceptors (Lipinski definition) is 2. The minimum Gasteiger partial charge on any atom is -0.371 e. The molecule has 1 saturated heterocycles. The molecule has 2 unspecified atom stereocenters. The summed E-state index contributed by atoms with van der Waals surface area (Å²) in [6, 6.07) is 0.434. The first-order valence-corrected chi connectivity index (χ1v) is 5.92. The van der Waals surface area contributed by atoms with E-state index in [0.29, 0.717) is 18.0 Å². The SMILES string of the molecule is CC(CCl)N(C)CC1CCC(C)(C)O1. The lowest BCUT2D eigenvalue weighted by Crippen LogP contribution is -2.37. The third kappa shape index (κ3) is 3.41. The van der Waals surface area contributed by atoms with E-state index in [1.54, 1.807) is 0 Å². The van der Waals surface area contributed by atoms with Crippen molar-refractivity contribution in [3.8, 4) is 0 Å². The van der Waals surface area contributed by atoms with Crippen LogP contribution in [-0.2, 0) is 4.74 Å². The van der Waals surface area contributed by atoms with Gasteiger partial charge in [-0.3, -0.25) is 4.90 Å². The quantitative estimate of drug-likeness (QED) is 0.674. The van der Waals surface area contributed by atoms with E-state index in [1.807, 2.05) is 0 Å². The molecule has 0 saturated carbocycles. The highest BCUT2D eigenvalue weighted by Crippen LogP contribution is 2.29. The minimum atomic E-state index is 0.0791. The highest BCUT2D eigenvalue weighted by atomic mass is 35.5. The van der Waals surface area contributed by atoms with Crippen molar-refractivity contribution < 1.29 is 4.74 Å². The van der Waals surface area contributed by atoms with Crippen molar-refractivity contribution in [2.75, 3.05) is 19.5 Å². The van der Waals surface area contributed by atoms with Gasteiger partial charge in [0.05, 0.1) is 11.7 Å². The zero-order valence-corrected chi connectivity index (χ0v) is 10.5. The monoisotopic (exact) mass is 219 g/mol. The molecule has 14 heavy (non-hydrogen) atoms. The van der Waals surface area contributed by atoms with Crippen LogP contribution in [0.2, 0.25) is 0 Å². The van der Waals surface area contributed by atoms with Crippen molar-refractivity contribution in [3.05, 3.63) is 0 Å². The molecule has 1 fully saturated rings. The molecule has 0 amide bonds. The van der Waals surface area contributed by atoms with E-state index >= 15 is 0 Å². The first kappa shape index (κ1) is 12.3. The molecule has 3 heteroatoms. The first-order chi connectivity index (χ1) is 6.44. The summed E-state index contributed by atoms with van der Waals surface area (Å²) in [6.45, 7) is 7.47. The van der Waals surface area contributed by atoms with Gasteiger partial charge in [0.2, 0.25) is 0 Å². The molecule has 0 bridgehead atoms. The van der Waals surface area contributed by atoms with E-state index < -0.39 is 0 Å². The molecular weight excluding hydrogens is 198 g/mol. The van der Waals surface area contributed by atoms with Gasteiger partial charge in [0, 0.05) is 18.5 Å². The maximum atomic E-state index is 5.93. The molecule has 84 valence electrons. The van der Waals surface area contributed by atoms with Crippen LogP contribution in [0.25, 0.3) is 0 Å². The molecule has 0 N–H and O–H groups in total. The van der Waals surface area contributed by atoms with Gasteiger partial charge >= 0.3 is 0 Å². The fourth-order valence-electron chi connectivity index (χ4n) is 1.83. The average molecular weight is 220 g/mol. The van der Waals surface area contributed by atoms with Gasteiger partial charge in [-0.2, -0.15) is 0 Å². The van der Waals surface area contributed by atoms with Gasteiger partial charge in [0.1, 0.15) is 0 Å². The van der Waals surface area contributed by atoms with Crippen molar-refractivity contribution in [1.29, 1.82) is 0 Å². The van der Waals surface area contributed by atoms with E-state index in [4.69, 9.17) is 16.3 Å². The van der Waals surface area contributed by atoms with Crippen LogP contribution in [0, 0.1) is 0 Å². The topological polar surface area (TPSA) is 12.5 Å². The van der Waals surface area contributed by atoms with Gasteiger partial charge in [-0.1, -0.05) is 0 Å². The Morgan fingerprint density at radius 3 is 2.64 bits per heavy atom. The fourth-order valence-corrected chi connectivity index (χ4v) is 2.06. The predicted octanol–water partition coefficient (Wildman–Crippen LogP) is 2.50. The van der Waals surface area contributed by atoms with E-state index in [-0.39, 0.29) is 5.60 Å². The lowest BCUT2D eigenvalue weighted by molar-refractivity contribution is -0.0286. The summed E-state index contributed by atoms with van der Waals surface area (Å²) in [5.41, 5.74) is 0.0791. The summed E-state index contributed by atoms with van der Waals surface area (Å²) in [4.78, 5) is 2.28. The number of halogens is 1. The van der Waals surface area contributed by atoms with Crippen molar-refractivity contribution in [2.24, 2.45) is 0 Å². The highest BCUT2D eigenvalue weighted by Gasteiger charge is 2.32. The number of likely N-dealkylation sites (N-methyl/N-ethyl adjacent to an activating group) is 1. The van der Waals surface area contributed by atoms with Crippen molar-refractivity contribution >= 4 is 11.6 Å². The number of ether oxygens (including phenoxy) is 1. The van der Waals surface area contributed by atoms with Gasteiger partial charge in [-0.05, 0) is 40.7 Å². The van der Waals surface area contributed by atoms with Crippen LogP contribution in [0.1, 0.15) is 33.6 Å².